The second kappa shape index (κ2) is 7.24. The molecule has 0 saturated heterocycles. The van der Waals surface area contributed by atoms with Gasteiger partial charge in [0, 0.05) is 10.6 Å². The third kappa shape index (κ3) is 3.07. The van der Waals surface area contributed by atoms with E-state index in [0.29, 0.717) is 36.4 Å². The van der Waals surface area contributed by atoms with Gasteiger partial charge in [-0.1, -0.05) is 29.8 Å². The molecular formula is C22H17ClN6O2. The van der Waals surface area contributed by atoms with Crippen LogP contribution in [-0.4, -0.2) is 43.4 Å². The number of ether oxygens (including phenoxy) is 2. The number of aromatic nitrogens is 5. The number of hydrogen-bond acceptors (Lipinski definition) is 6. The smallest absolute Gasteiger partial charge is 0.237 e. The lowest BCUT2D eigenvalue weighted by molar-refractivity contribution is 0.290. The van der Waals surface area contributed by atoms with E-state index in [9.17, 15) is 0 Å². The van der Waals surface area contributed by atoms with Crippen LogP contribution in [0.4, 0.5) is 0 Å². The standard InChI is InChI=1S/C22H17ClN6O2/c23-14-6-7-17-16(10-14)21-27-26-19(12-31-15-4-2-1-3-5-15)28(21)11-18-20(25-13-29(17)18)22-24-8-9-30-22/h1-7,10,13H,8-9,11-12H2. The molecule has 6 rings (SSSR count). The van der Waals surface area contributed by atoms with Crippen molar-refractivity contribution in [2.24, 2.45) is 4.99 Å². The van der Waals surface area contributed by atoms with Crippen molar-refractivity contribution in [1.82, 2.24) is 24.3 Å². The molecule has 0 fully saturated rings. The van der Waals surface area contributed by atoms with E-state index in [0.717, 1.165) is 34.2 Å². The molecule has 31 heavy (non-hydrogen) atoms. The lowest BCUT2D eigenvalue weighted by atomic mass is 10.1. The summed E-state index contributed by atoms with van der Waals surface area (Å²) in [7, 11) is 0. The van der Waals surface area contributed by atoms with Gasteiger partial charge in [-0.25, -0.2) is 9.98 Å². The summed E-state index contributed by atoms with van der Waals surface area (Å²) in [5.41, 5.74) is 3.49. The SMILES string of the molecule is Clc1ccc2c(c1)-c1nnc(COc3ccccc3)n1Cc1c(C3=NCCO3)ncn1-2. The van der Waals surface area contributed by atoms with Crippen LogP contribution in [-0.2, 0) is 17.9 Å². The minimum absolute atomic E-state index is 0.286. The first kappa shape index (κ1) is 18.1. The van der Waals surface area contributed by atoms with Crippen molar-refractivity contribution in [3.63, 3.8) is 0 Å². The highest BCUT2D eigenvalue weighted by Crippen LogP contribution is 2.34. The Balaban J connectivity index is 1.48. The summed E-state index contributed by atoms with van der Waals surface area (Å²) in [6, 6.07) is 15.4. The van der Waals surface area contributed by atoms with Gasteiger partial charge in [-0.2, -0.15) is 0 Å². The van der Waals surface area contributed by atoms with Crippen molar-refractivity contribution < 1.29 is 9.47 Å². The first-order valence-electron chi connectivity index (χ1n) is 9.92. The lowest BCUT2D eigenvalue weighted by Crippen LogP contribution is -2.13. The molecule has 2 aromatic carbocycles. The van der Waals surface area contributed by atoms with Gasteiger partial charge < -0.3 is 14.0 Å². The van der Waals surface area contributed by atoms with Crippen LogP contribution in [0.3, 0.4) is 0 Å². The van der Waals surface area contributed by atoms with Crippen molar-refractivity contribution in [2.75, 3.05) is 13.2 Å². The van der Waals surface area contributed by atoms with Crippen LogP contribution in [0.15, 0.2) is 59.9 Å². The Morgan fingerprint density at radius 3 is 2.84 bits per heavy atom. The molecule has 2 aliphatic rings. The Kier molecular flexibility index (Phi) is 4.24. The average molecular weight is 433 g/mol. The molecule has 9 heteroatoms. The number of halogens is 1. The molecule has 0 amide bonds. The fourth-order valence-electron chi connectivity index (χ4n) is 3.91. The van der Waals surface area contributed by atoms with Gasteiger partial charge in [0.1, 0.15) is 31.0 Å². The zero-order valence-corrected chi connectivity index (χ0v) is 17.2. The zero-order chi connectivity index (χ0) is 20.8. The van der Waals surface area contributed by atoms with Crippen molar-refractivity contribution in [2.45, 2.75) is 13.2 Å². The molecule has 154 valence electrons. The molecule has 4 heterocycles. The molecule has 0 atom stereocenters. The van der Waals surface area contributed by atoms with E-state index in [1.165, 1.54) is 0 Å². The second-order valence-corrected chi connectivity index (χ2v) is 7.67. The summed E-state index contributed by atoms with van der Waals surface area (Å²) in [4.78, 5) is 9.07. The van der Waals surface area contributed by atoms with E-state index in [-0.39, 0.29) is 6.61 Å². The van der Waals surface area contributed by atoms with Gasteiger partial charge in [0.25, 0.3) is 0 Å². The molecular weight excluding hydrogens is 416 g/mol. The molecule has 0 spiro atoms. The predicted molar refractivity (Wildman–Crippen MR) is 115 cm³/mol. The van der Waals surface area contributed by atoms with Crippen molar-refractivity contribution in [3.05, 3.63) is 77.1 Å². The Labute approximate surface area is 182 Å². The van der Waals surface area contributed by atoms with Gasteiger partial charge >= 0.3 is 0 Å². The normalized spacial score (nSPS) is 14.2. The number of para-hydroxylation sites is 1. The molecule has 2 aromatic heterocycles. The van der Waals surface area contributed by atoms with Gasteiger partial charge in [0.2, 0.25) is 5.90 Å². The maximum absolute atomic E-state index is 6.33. The molecule has 0 saturated carbocycles. The quantitative estimate of drug-likeness (QED) is 0.434. The molecule has 0 unspecified atom stereocenters. The highest BCUT2D eigenvalue weighted by Gasteiger charge is 2.28. The number of imidazole rings is 1. The van der Waals surface area contributed by atoms with Crippen LogP contribution >= 0.6 is 11.6 Å². The fourth-order valence-corrected chi connectivity index (χ4v) is 4.08. The van der Waals surface area contributed by atoms with E-state index in [4.69, 9.17) is 21.1 Å². The molecule has 2 aliphatic heterocycles. The molecule has 0 bridgehead atoms. The van der Waals surface area contributed by atoms with Crippen LogP contribution in [0.25, 0.3) is 17.1 Å². The Bertz CT molecular complexity index is 1310. The maximum Gasteiger partial charge on any atom is 0.237 e. The van der Waals surface area contributed by atoms with Crippen molar-refractivity contribution >= 4 is 17.5 Å². The molecule has 0 N–H and O–H groups in total. The van der Waals surface area contributed by atoms with Gasteiger partial charge in [-0.05, 0) is 30.3 Å². The van der Waals surface area contributed by atoms with E-state index in [1.54, 1.807) is 6.33 Å². The second-order valence-electron chi connectivity index (χ2n) is 7.23. The van der Waals surface area contributed by atoms with E-state index < -0.39 is 0 Å². The number of nitrogens with zero attached hydrogens (tertiary/aromatic N) is 6. The molecule has 8 nitrogen and oxygen atoms in total. The minimum Gasteiger partial charge on any atom is -0.486 e. The van der Waals surface area contributed by atoms with E-state index in [1.807, 2.05) is 57.7 Å². The van der Waals surface area contributed by atoms with Crippen molar-refractivity contribution in [3.8, 4) is 22.8 Å². The third-order valence-corrected chi connectivity index (χ3v) is 5.60. The minimum atomic E-state index is 0.286. The highest BCUT2D eigenvalue weighted by atomic mass is 35.5. The van der Waals surface area contributed by atoms with Crippen LogP contribution in [0.2, 0.25) is 5.02 Å². The largest absolute Gasteiger partial charge is 0.486 e. The van der Waals surface area contributed by atoms with Gasteiger partial charge in [-0.15, -0.1) is 10.2 Å². The Morgan fingerprint density at radius 2 is 2.00 bits per heavy atom. The number of benzene rings is 2. The van der Waals surface area contributed by atoms with Crippen LogP contribution in [0, 0.1) is 0 Å². The number of fused-ring (bicyclic) bond motifs is 5. The van der Waals surface area contributed by atoms with Gasteiger partial charge in [-0.3, -0.25) is 4.57 Å². The lowest BCUT2D eigenvalue weighted by Gasteiger charge is -2.10. The van der Waals surface area contributed by atoms with Crippen LogP contribution < -0.4 is 4.74 Å². The van der Waals surface area contributed by atoms with Crippen LogP contribution in [0.5, 0.6) is 5.75 Å². The molecule has 4 aromatic rings. The van der Waals surface area contributed by atoms with Gasteiger partial charge in [0.15, 0.2) is 11.6 Å². The summed E-state index contributed by atoms with van der Waals surface area (Å²) in [5, 5.41) is 9.53. The van der Waals surface area contributed by atoms with E-state index >= 15 is 0 Å². The van der Waals surface area contributed by atoms with Crippen LogP contribution in [0.1, 0.15) is 17.2 Å². The summed E-state index contributed by atoms with van der Waals surface area (Å²) in [6.45, 7) is 2.00. The summed E-state index contributed by atoms with van der Waals surface area (Å²) >= 11 is 6.33. The van der Waals surface area contributed by atoms with E-state index in [2.05, 4.69) is 20.2 Å². The Morgan fingerprint density at radius 1 is 1.10 bits per heavy atom. The monoisotopic (exact) mass is 432 g/mol. The summed E-state index contributed by atoms with van der Waals surface area (Å²) in [6.07, 6.45) is 1.79. The predicted octanol–water partition coefficient (Wildman–Crippen LogP) is 3.50. The maximum atomic E-state index is 6.33. The summed E-state index contributed by atoms with van der Waals surface area (Å²) < 4.78 is 15.7. The summed E-state index contributed by atoms with van der Waals surface area (Å²) in [5.74, 6) is 2.78. The number of rotatable bonds is 4. The zero-order valence-electron chi connectivity index (χ0n) is 16.4. The Hall–Kier alpha value is -3.65. The first-order valence-corrected chi connectivity index (χ1v) is 10.3. The number of aliphatic imine (C=N–C) groups is 1. The molecule has 0 aliphatic carbocycles. The topological polar surface area (TPSA) is 79.3 Å². The van der Waals surface area contributed by atoms with Crippen molar-refractivity contribution in [1.29, 1.82) is 0 Å². The molecule has 0 radical (unpaired) electrons. The third-order valence-electron chi connectivity index (χ3n) is 5.36. The first-order chi connectivity index (χ1) is 15.3. The highest BCUT2D eigenvalue weighted by molar-refractivity contribution is 6.31. The number of hydrogen-bond donors (Lipinski definition) is 0. The fraction of sp³-hybridized carbons (Fsp3) is 0.182. The van der Waals surface area contributed by atoms with Gasteiger partial charge in [0.05, 0.1) is 24.5 Å². The average Bonchev–Trinajstić information content (AvgIpc) is 3.52.